The van der Waals surface area contributed by atoms with E-state index < -0.39 is 0 Å². The first-order valence-corrected chi connectivity index (χ1v) is 2.95. The number of phenols is 1. The summed E-state index contributed by atoms with van der Waals surface area (Å²) in [4.78, 5) is 8.00. The molecule has 0 aliphatic rings. The third kappa shape index (κ3) is 2.71. The Morgan fingerprint density at radius 2 is 1.91 bits per heavy atom. The summed E-state index contributed by atoms with van der Waals surface area (Å²) in [6, 6.07) is 6.84. The summed E-state index contributed by atoms with van der Waals surface area (Å²) in [6.45, 7) is 2.00. The van der Waals surface area contributed by atoms with Crippen LogP contribution in [0.1, 0.15) is 0 Å². The zero-order valence-corrected chi connectivity index (χ0v) is 6.28. The second-order valence-corrected chi connectivity index (χ2v) is 1.67. The van der Waals surface area contributed by atoms with Crippen LogP contribution in [0.2, 0.25) is 0 Å². The van der Waals surface area contributed by atoms with Gasteiger partial charge in [-0.15, -0.1) is 0 Å². The van der Waals surface area contributed by atoms with Crippen LogP contribution in [0.25, 0.3) is 0 Å². The molecule has 0 fully saturated rings. The minimum atomic E-state index is 0.181. The van der Waals surface area contributed by atoms with E-state index in [0.717, 1.165) is 0 Å². The van der Waals surface area contributed by atoms with Crippen LogP contribution in [0.4, 0.5) is 0 Å². The summed E-state index contributed by atoms with van der Waals surface area (Å²) < 4.78 is 4.79. The molecule has 0 aliphatic heterocycles. The number of aromatic hydroxyl groups is 1. The molecule has 0 atom stereocenters. The van der Waals surface area contributed by atoms with Crippen molar-refractivity contribution in [1.82, 2.24) is 0 Å². The van der Waals surface area contributed by atoms with E-state index in [2.05, 4.69) is 0 Å². The van der Waals surface area contributed by atoms with Crippen molar-refractivity contribution in [2.45, 2.75) is 0 Å². The van der Waals surface area contributed by atoms with Crippen LogP contribution in [0.15, 0.2) is 24.3 Å². The van der Waals surface area contributed by atoms with Gasteiger partial charge in [0.05, 0.1) is 7.11 Å². The Morgan fingerprint density at radius 1 is 1.36 bits per heavy atom. The van der Waals surface area contributed by atoms with Crippen LogP contribution < -0.4 is 4.74 Å². The van der Waals surface area contributed by atoms with Crippen LogP contribution in [0.3, 0.4) is 0 Å². The molecule has 0 spiro atoms. The van der Waals surface area contributed by atoms with Gasteiger partial charge in [-0.2, -0.15) is 0 Å². The number of carbonyl (C=O) groups is 1. The van der Waals surface area contributed by atoms with Gasteiger partial charge in [0.25, 0.3) is 0 Å². The molecule has 1 aromatic rings. The van der Waals surface area contributed by atoms with E-state index in [0.29, 0.717) is 5.75 Å². The van der Waals surface area contributed by atoms with E-state index in [-0.39, 0.29) is 5.75 Å². The summed E-state index contributed by atoms with van der Waals surface area (Å²) in [5.74, 6) is 0.692. The van der Waals surface area contributed by atoms with Gasteiger partial charge < -0.3 is 14.6 Å². The molecule has 11 heavy (non-hydrogen) atoms. The highest BCUT2D eigenvalue weighted by molar-refractivity contribution is 5.37. The SMILES string of the molecule is C=O.COc1ccccc1O. The van der Waals surface area contributed by atoms with Gasteiger partial charge in [-0.3, -0.25) is 0 Å². The minimum absolute atomic E-state index is 0.181. The number of para-hydroxylation sites is 2. The standard InChI is InChI=1S/C7H8O2.CH2O/c1-9-7-5-3-2-4-6(7)8;1-2/h2-5,8H,1H3;1H2. The van der Waals surface area contributed by atoms with Gasteiger partial charge in [-0.1, -0.05) is 12.1 Å². The number of carbonyl (C=O) groups excluding carboxylic acids is 1. The lowest BCUT2D eigenvalue weighted by Gasteiger charge is -1.99. The van der Waals surface area contributed by atoms with Gasteiger partial charge in [-0.25, -0.2) is 0 Å². The van der Waals surface area contributed by atoms with Crippen molar-refractivity contribution in [3.63, 3.8) is 0 Å². The van der Waals surface area contributed by atoms with Crippen LogP contribution in [0, 0.1) is 0 Å². The van der Waals surface area contributed by atoms with Crippen LogP contribution in [-0.4, -0.2) is 19.0 Å². The predicted molar refractivity (Wildman–Crippen MR) is 41.8 cm³/mol. The number of benzene rings is 1. The fourth-order valence-corrected chi connectivity index (χ4v) is 0.630. The first-order chi connectivity index (χ1) is 5.34. The van der Waals surface area contributed by atoms with Crippen molar-refractivity contribution in [3.05, 3.63) is 24.3 Å². The van der Waals surface area contributed by atoms with E-state index in [1.54, 1.807) is 24.3 Å². The number of hydrogen-bond donors (Lipinski definition) is 1. The lowest BCUT2D eigenvalue weighted by atomic mass is 10.3. The molecule has 0 saturated heterocycles. The maximum absolute atomic E-state index is 8.99. The van der Waals surface area contributed by atoms with Crippen molar-refractivity contribution < 1.29 is 14.6 Å². The quantitative estimate of drug-likeness (QED) is 0.661. The number of phenolic OH excluding ortho intramolecular Hbond substituents is 1. The van der Waals surface area contributed by atoms with Crippen molar-refractivity contribution in [2.24, 2.45) is 0 Å². The maximum Gasteiger partial charge on any atom is 0.160 e. The average Bonchev–Trinajstić information content (AvgIpc) is 2.09. The Hall–Kier alpha value is -1.51. The van der Waals surface area contributed by atoms with Crippen LogP contribution in [0.5, 0.6) is 11.5 Å². The number of rotatable bonds is 1. The Kier molecular flexibility index (Phi) is 4.56. The zero-order valence-electron chi connectivity index (χ0n) is 6.28. The molecule has 0 aliphatic carbocycles. The highest BCUT2D eigenvalue weighted by Crippen LogP contribution is 2.22. The molecule has 0 unspecified atom stereocenters. The van der Waals surface area contributed by atoms with Gasteiger partial charge in [0, 0.05) is 0 Å². The minimum Gasteiger partial charge on any atom is -0.504 e. The molecule has 1 N–H and O–H groups in total. The van der Waals surface area contributed by atoms with Crippen molar-refractivity contribution in [3.8, 4) is 11.5 Å². The lowest BCUT2D eigenvalue weighted by molar-refractivity contribution is -0.0979. The molecule has 0 aromatic heterocycles. The fraction of sp³-hybridized carbons (Fsp3) is 0.125. The third-order valence-corrected chi connectivity index (χ3v) is 1.09. The second kappa shape index (κ2) is 5.29. The van der Waals surface area contributed by atoms with E-state index in [1.165, 1.54) is 7.11 Å². The van der Waals surface area contributed by atoms with Gasteiger partial charge in [0.2, 0.25) is 0 Å². The fourth-order valence-electron chi connectivity index (χ4n) is 0.630. The normalized spacial score (nSPS) is 7.73. The van der Waals surface area contributed by atoms with Gasteiger partial charge in [-0.05, 0) is 12.1 Å². The first kappa shape index (κ1) is 9.49. The lowest BCUT2D eigenvalue weighted by Crippen LogP contribution is -1.80. The largest absolute Gasteiger partial charge is 0.504 e. The van der Waals surface area contributed by atoms with Crippen LogP contribution >= 0.6 is 0 Å². The van der Waals surface area contributed by atoms with Crippen molar-refractivity contribution >= 4 is 6.79 Å². The topological polar surface area (TPSA) is 46.5 Å². The van der Waals surface area contributed by atoms with Gasteiger partial charge >= 0.3 is 0 Å². The Labute approximate surface area is 65.2 Å². The molecule has 0 saturated carbocycles. The predicted octanol–water partition coefficient (Wildman–Crippen LogP) is 1.22. The monoisotopic (exact) mass is 154 g/mol. The Bertz CT molecular complexity index is 210. The molecule has 0 bridgehead atoms. The van der Waals surface area contributed by atoms with E-state index in [9.17, 15) is 0 Å². The van der Waals surface area contributed by atoms with Gasteiger partial charge in [0.1, 0.15) is 6.79 Å². The first-order valence-electron chi connectivity index (χ1n) is 2.95. The maximum atomic E-state index is 8.99. The van der Waals surface area contributed by atoms with Gasteiger partial charge in [0.15, 0.2) is 11.5 Å². The molecule has 3 heteroatoms. The summed E-state index contributed by atoms with van der Waals surface area (Å²) in [7, 11) is 1.52. The van der Waals surface area contributed by atoms with E-state index in [1.807, 2.05) is 6.79 Å². The summed E-state index contributed by atoms with van der Waals surface area (Å²) >= 11 is 0. The molecule has 1 aromatic carbocycles. The molecular formula is C8H10O3. The summed E-state index contributed by atoms with van der Waals surface area (Å²) in [5.41, 5.74) is 0. The molecular weight excluding hydrogens is 144 g/mol. The van der Waals surface area contributed by atoms with E-state index >= 15 is 0 Å². The molecule has 60 valence electrons. The average molecular weight is 154 g/mol. The van der Waals surface area contributed by atoms with E-state index in [4.69, 9.17) is 14.6 Å². The van der Waals surface area contributed by atoms with Crippen molar-refractivity contribution in [1.29, 1.82) is 0 Å². The highest BCUT2D eigenvalue weighted by atomic mass is 16.5. The Morgan fingerprint density at radius 3 is 2.27 bits per heavy atom. The summed E-state index contributed by atoms with van der Waals surface area (Å²) in [6.07, 6.45) is 0. The van der Waals surface area contributed by atoms with Crippen molar-refractivity contribution in [2.75, 3.05) is 7.11 Å². The molecule has 0 radical (unpaired) electrons. The van der Waals surface area contributed by atoms with Crippen LogP contribution in [-0.2, 0) is 4.79 Å². The zero-order chi connectivity index (χ0) is 8.69. The number of hydrogen-bond acceptors (Lipinski definition) is 3. The number of methoxy groups -OCH3 is 1. The molecule has 1 rings (SSSR count). The Balaban J connectivity index is 0.000000461. The number of ether oxygens (including phenoxy) is 1. The summed E-state index contributed by atoms with van der Waals surface area (Å²) in [5, 5.41) is 8.99. The molecule has 0 amide bonds. The third-order valence-electron chi connectivity index (χ3n) is 1.09. The smallest absolute Gasteiger partial charge is 0.160 e. The molecule has 0 heterocycles. The highest BCUT2D eigenvalue weighted by Gasteiger charge is 1.94. The second-order valence-electron chi connectivity index (χ2n) is 1.67. The molecule has 3 nitrogen and oxygen atoms in total.